The Morgan fingerprint density at radius 1 is 1.38 bits per heavy atom. The van der Waals surface area contributed by atoms with E-state index >= 15 is 0 Å². The monoisotopic (exact) mass is 222 g/mol. The fraction of sp³-hybridized carbons (Fsp3) is 1.00. The van der Waals surface area contributed by atoms with E-state index in [0.717, 1.165) is 6.92 Å². The summed E-state index contributed by atoms with van der Waals surface area (Å²) in [7, 11) is -5.26. The number of phosphoric ester groups is 1. The van der Waals surface area contributed by atoms with Crippen LogP contribution in [0.4, 0.5) is 13.2 Å². The molecule has 0 aliphatic rings. The molecule has 0 bridgehead atoms. The van der Waals surface area contributed by atoms with Crippen LogP contribution in [-0.4, -0.2) is 21.6 Å². The van der Waals surface area contributed by atoms with Gasteiger partial charge in [-0.1, -0.05) is 6.92 Å². The number of halogens is 3. The Hall–Kier alpha value is -0.100. The van der Waals surface area contributed by atoms with Gasteiger partial charge in [0.1, 0.15) is 0 Å². The van der Waals surface area contributed by atoms with Crippen LogP contribution in [0, 0.1) is 0 Å². The predicted molar refractivity (Wildman–Crippen MR) is 37.9 cm³/mol. The van der Waals surface area contributed by atoms with Crippen LogP contribution in [0.2, 0.25) is 0 Å². The first-order chi connectivity index (χ1) is 5.52. The van der Waals surface area contributed by atoms with Gasteiger partial charge in [0.15, 0.2) is 0 Å². The lowest BCUT2D eigenvalue weighted by atomic mass is 10.1. The van der Waals surface area contributed by atoms with Crippen LogP contribution in [0.1, 0.15) is 20.3 Å². The second kappa shape index (κ2) is 3.57. The maximum Gasteiger partial charge on any atom is 0.472 e. The summed E-state index contributed by atoms with van der Waals surface area (Å²) < 4.78 is 51.5. The topological polar surface area (TPSA) is 66.8 Å². The van der Waals surface area contributed by atoms with Gasteiger partial charge < -0.3 is 9.79 Å². The van der Waals surface area contributed by atoms with E-state index in [-0.39, 0.29) is 6.92 Å². The van der Waals surface area contributed by atoms with E-state index in [1.54, 1.807) is 0 Å². The Bertz CT molecular complexity index is 222. The van der Waals surface area contributed by atoms with E-state index in [0.29, 0.717) is 0 Å². The average Bonchev–Trinajstić information content (AvgIpc) is 1.81. The molecule has 0 radical (unpaired) electrons. The van der Waals surface area contributed by atoms with E-state index in [2.05, 4.69) is 4.52 Å². The Balaban J connectivity index is 4.77. The predicted octanol–water partition coefficient (Wildman–Crippen LogP) is 1.83. The number of hydrogen-bond donors (Lipinski definition) is 2. The van der Waals surface area contributed by atoms with E-state index in [4.69, 9.17) is 9.79 Å². The summed E-state index contributed by atoms with van der Waals surface area (Å²) in [5, 5.41) is 0. The van der Waals surface area contributed by atoms with Crippen molar-refractivity contribution in [2.24, 2.45) is 0 Å². The third-order valence-corrected chi connectivity index (χ3v) is 1.90. The van der Waals surface area contributed by atoms with Crippen molar-refractivity contribution in [3.63, 3.8) is 0 Å². The van der Waals surface area contributed by atoms with E-state index in [9.17, 15) is 17.7 Å². The van der Waals surface area contributed by atoms with Crippen LogP contribution in [0.15, 0.2) is 0 Å². The average molecular weight is 222 g/mol. The van der Waals surface area contributed by atoms with Crippen molar-refractivity contribution in [3.8, 4) is 0 Å². The maximum absolute atomic E-state index is 13.1. The molecule has 0 heterocycles. The molecule has 13 heavy (non-hydrogen) atoms. The highest BCUT2D eigenvalue weighted by atomic mass is 31.2. The molecule has 0 saturated carbocycles. The van der Waals surface area contributed by atoms with Gasteiger partial charge in [0.25, 0.3) is 5.85 Å². The van der Waals surface area contributed by atoms with Gasteiger partial charge >= 0.3 is 13.7 Å². The second-order valence-corrected chi connectivity index (χ2v) is 3.72. The van der Waals surface area contributed by atoms with E-state index < -0.39 is 26.0 Å². The Morgan fingerprint density at radius 3 is 1.85 bits per heavy atom. The van der Waals surface area contributed by atoms with Gasteiger partial charge in [-0.25, -0.2) is 22.3 Å². The molecule has 0 aliphatic heterocycles. The van der Waals surface area contributed by atoms with Crippen LogP contribution >= 0.6 is 7.82 Å². The van der Waals surface area contributed by atoms with Crippen molar-refractivity contribution in [1.29, 1.82) is 0 Å². The zero-order valence-corrected chi connectivity index (χ0v) is 7.89. The summed E-state index contributed by atoms with van der Waals surface area (Å²) in [5.74, 6) is -7.60. The Kier molecular flexibility index (Phi) is 3.54. The SMILES string of the molecule is CCC(F)(OP(=O)(O)O)C(C)(F)F. The van der Waals surface area contributed by atoms with Crippen molar-refractivity contribution in [3.05, 3.63) is 0 Å². The van der Waals surface area contributed by atoms with Gasteiger partial charge in [0, 0.05) is 13.3 Å². The molecule has 0 aromatic heterocycles. The minimum absolute atomic E-state index is 0.187. The molecule has 0 aromatic carbocycles. The number of hydrogen-bond acceptors (Lipinski definition) is 2. The van der Waals surface area contributed by atoms with Crippen molar-refractivity contribution < 1.29 is 32.0 Å². The zero-order valence-electron chi connectivity index (χ0n) is 7.00. The van der Waals surface area contributed by atoms with Crippen LogP contribution in [0.5, 0.6) is 0 Å². The normalized spacial score (nSPS) is 18.4. The molecular weight excluding hydrogens is 212 g/mol. The van der Waals surface area contributed by atoms with Crippen molar-refractivity contribution in [2.45, 2.75) is 32.0 Å². The van der Waals surface area contributed by atoms with Gasteiger partial charge in [-0.3, -0.25) is 0 Å². The van der Waals surface area contributed by atoms with Crippen LogP contribution < -0.4 is 0 Å². The Labute approximate surface area is 72.9 Å². The summed E-state index contributed by atoms with van der Waals surface area (Å²) >= 11 is 0. The van der Waals surface area contributed by atoms with Gasteiger partial charge in [-0.05, 0) is 0 Å². The van der Waals surface area contributed by atoms with Crippen molar-refractivity contribution >= 4 is 7.82 Å². The molecule has 0 saturated heterocycles. The first kappa shape index (κ1) is 12.9. The first-order valence-electron chi connectivity index (χ1n) is 3.35. The summed E-state index contributed by atoms with van der Waals surface area (Å²) in [6, 6.07) is 0. The van der Waals surface area contributed by atoms with Gasteiger partial charge in [0.05, 0.1) is 0 Å². The minimum atomic E-state index is -5.26. The van der Waals surface area contributed by atoms with E-state index in [1.807, 2.05) is 0 Å². The fourth-order valence-corrected chi connectivity index (χ4v) is 1.31. The van der Waals surface area contributed by atoms with Crippen LogP contribution in [0.25, 0.3) is 0 Å². The molecule has 4 nitrogen and oxygen atoms in total. The fourth-order valence-electron chi connectivity index (χ4n) is 0.644. The highest BCUT2D eigenvalue weighted by molar-refractivity contribution is 7.46. The smallest absolute Gasteiger partial charge is 0.303 e. The van der Waals surface area contributed by atoms with Crippen molar-refractivity contribution in [2.75, 3.05) is 0 Å². The molecule has 0 fully saturated rings. The molecule has 8 heteroatoms. The molecule has 0 aliphatic carbocycles. The van der Waals surface area contributed by atoms with Gasteiger partial charge in [-0.15, -0.1) is 0 Å². The molecular formula is C5H10F3O4P. The summed E-state index contributed by atoms with van der Waals surface area (Å²) in [5.41, 5.74) is 0. The first-order valence-corrected chi connectivity index (χ1v) is 4.88. The zero-order chi connectivity index (χ0) is 10.9. The minimum Gasteiger partial charge on any atom is -0.303 e. The molecule has 0 aromatic rings. The lowest BCUT2D eigenvalue weighted by Gasteiger charge is -2.29. The molecule has 80 valence electrons. The third kappa shape index (κ3) is 3.64. The largest absolute Gasteiger partial charge is 0.472 e. The summed E-state index contributed by atoms with van der Waals surface area (Å²) in [6.07, 6.45) is -0.860. The van der Waals surface area contributed by atoms with Crippen molar-refractivity contribution in [1.82, 2.24) is 0 Å². The molecule has 0 rings (SSSR count). The number of rotatable bonds is 4. The second-order valence-electron chi connectivity index (χ2n) is 2.55. The third-order valence-electron chi connectivity index (χ3n) is 1.37. The lowest BCUT2D eigenvalue weighted by molar-refractivity contribution is -0.234. The lowest BCUT2D eigenvalue weighted by Crippen LogP contribution is -2.43. The molecule has 0 spiro atoms. The highest BCUT2D eigenvalue weighted by Crippen LogP contribution is 2.48. The molecule has 1 unspecified atom stereocenters. The van der Waals surface area contributed by atoms with E-state index in [1.165, 1.54) is 0 Å². The Morgan fingerprint density at radius 2 is 1.77 bits per heavy atom. The maximum atomic E-state index is 13.1. The summed E-state index contributed by atoms with van der Waals surface area (Å²) in [4.78, 5) is 16.3. The standard InChI is InChI=1S/C5H10F3O4P/c1-3-5(8,4(2,6)7)12-13(9,10)11/h3H2,1-2H3,(H2,9,10,11). The number of phosphoric acid groups is 1. The van der Waals surface area contributed by atoms with Crippen LogP contribution in [-0.2, 0) is 9.09 Å². The number of alkyl halides is 3. The summed E-state index contributed by atoms with van der Waals surface area (Å²) in [6.45, 7) is 1.18. The van der Waals surface area contributed by atoms with Gasteiger partial charge in [0.2, 0.25) is 0 Å². The quantitative estimate of drug-likeness (QED) is 0.712. The van der Waals surface area contributed by atoms with Crippen LogP contribution in [0.3, 0.4) is 0 Å². The highest BCUT2D eigenvalue weighted by Gasteiger charge is 2.54. The molecule has 2 N–H and O–H groups in total. The molecule has 1 atom stereocenters. The molecule has 0 amide bonds. The van der Waals surface area contributed by atoms with Gasteiger partial charge in [-0.2, -0.15) is 0 Å².